The van der Waals surface area contributed by atoms with Crippen LogP contribution in [0.5, 0.6) is 0 Å². The summed E-state index contributed by atoms with van der Waals surface area (Å²) in [5.74, 6) is 0. The largest absolute Gasteiger partial charge is 0.319 e. The maximum atomic E-state index is 6.14. The molecule has 3 nitrogen and oxygen atoms in total. The molecule has 4 heteroatoms. The van der Waals surface area contributed by atoms with Crippen LogP contribution in [0.4, 0.5) is 0 Å². The lowest BCUT2D eigenvalue weighted by Gasteiger charge is -2.12. The Hall–Kier alpha value is -1.13. The van der Waals surface area contributed by atoms with E-state index in [0.29, 0.717) is 0 Å². The normalized spacial score (nSPS) is 12.7. The molecule has 78 valence electrons. The summed E-state index contributed by atoms with van der Waals surface area (Å²) < 4.78 is 2.86. The van der Waals surface area contributed by atoms with E-state index in [-0.39, 0.29) is 6.04 Å². The summed E-state index contributed by atoms with van der Waals surface area (Å²) in [5, 5.41) is 4.11. The minimum Gasteiger partial charge on any atom is -0.319 e. The molecule has 0 bridgehead atoms. The number of rotatable bonds is 2. The van der Waals surface area contributed by atoms with Crippen LogP contribution in [0.1, 0.15) is 17.3 Å². The first-order chi connectivity index (χ1) is 7.18. The summed E-state index contributed by atoms with van der Waals surface area (Å²) in [7, 11) is 1.90. The van der Waals surface area contributed by atoms with Crippen LogP contribution in [-0.2, 0) is 7.05 Å². The molecule has 0 aliphatic heterocycles. The van der Waals surface area contributed by atoms with Crippen molar-refractivity contribution in [3.05, 3.63) is 52.3 Å². The van der Waals surface area contributed by atoms with Crippen molar-refractivity contribution in [2.45, 2.75) is 6.04 Å². The highest BCUT2D eigenvalue weighted by Crippen LogP contribution is 2.20. The van der Waals surface area contributed by atoms with E-state index in [1.165, 1.54) is 0 Å². The number of halogens is 1. The second-order valence-electron chi connectivity index (χ2n) is 3.41. The second kappa shape index (κ2) is 4.16. The average molecular weight is 266 g/mol. The van der Waals surface area contributed by atoms with Gasteiger partial charge in [0.2, 0.25) is 0 Å². The van der Waals surface area contributed by atoms with Crippen molar-refractivity contribution < 1.29 is 0 Å². The van der Waals surface area contributed by atoms with Crippen LogP contribution < -0.4 is 5.73 Å². The minimum atomic E-state index is -0.120. The fourth-order valence-electron chi connectivity index (χ4n) is 1.53. The number of nitrogens with two attached hydrogens (primary N) is 1. The summed E-state index contributed by atoms with van der Waals surface area (Å²) in [5.41, 5.74) is 8.23. The first-order valence-electron chi connectivity index (χ1n) is 4.67. The van der Waals surface area contributed by atoms with Crippen molar-refractivity contribution in [1.29, 1.82) is 0 Å². The van der Waals surface area contributed by atoms with E-state index < -0.39 is 0 Å². The molecule has 2 N–H and O–H groups in total. The molecule has 0 radical (unpaired) electrons. The van der Waals surface area contributed by atoms with Crippen molar-refractivity contribution in [3.8, 4) is 0 Å². The van der Waals surface area contributed by atoms with E-state index in [1.54, 1.807) is 10.9 Å². The first-order valence-corrected chi connectivity index (χ1v) is 5.47. The average Bonchev–Trinajstić information content (AvgIpc) is 2.65. The lowest BCUT2D eigenvalue weighted by Crippen LogP contribution is -2.15. The Morgan fingerprint density at radius 1 is 1.27 bits per heavy atom. The maximum absolute atomic E-state index is 6.14. The summed E-state index contributed by atoms with van der Waals surface area (Å²) in [6, 6.07) is 9.83. The van der Waals surface area contributed by atoms with Gasteiger partial charge in [0.1, 0.15) is 0 Å². The summed E-state index contributed by atoms with van der Waals surface area (Å²) >= 11 is 3.40. The van der Waals surface area contributed by atoms with E-state index in [9.17, 15) is 0 Å². The third-order valence-corrected chi connectivity index (χ3v) is 2.94. The quantitative estimate of drug-likeness (QED) is 0.905. The van der Waals surface area contributed by atoms with Crippen molar-refractivity contribution in [2.24, 2.45) is 12.8 Å². The zero-order chi connectivity index (χ0) is 10.8. The maximum Gasteiger partial charge on any atom is 0.0723 e. The molecule has 0 amide bonds. The van der Waals surface area contributed by atoms with E-state index in [4.69, 9.17) is 5.73 Å². The molecule has 1 heterocycles. The van der Waals surface area contributed by atoms with Gasteiger partial charge < -0.3 is 5.73 Å². The molecule has 2 aromatic rings. The van der Waals surface area contributed by atoms with Gasteiger partial charge in [0.15, 0.2) is 0 Å². The van der Waals surface area contributed by atoms with E-state index in [2.05, 4.69) is 21.0 Å². The predicted molar refractivity (Wildman–Crippen MR) is 63.4 cm³/mol. The molecule has 1 aromatic heterocycles. The monoisotopic (exact) mass is 265 g/mol. The van der Waals surface area contributed by atoms with Gasteiger partial charge in [-0.1, -0.05) is 28.1 Å². The number of hydrogen-bond acceptors (Lipinski definition) is 2. The Bertz CT molecular complexity index is 447. The van der Waals surface area contributed by atoms with Crippen molar-refractivity contribution in [1.82, 2.24) is 9.78 Å². The van der Waals surface area contributed by atoms with Crippen LogP contribution in [0.15, 0.2) is 41.0 Å². The minimum absolute atomic E-state index is 0.120. The van der Waals surface area contributed by atoms with E-state index >= 15 is 0 Å². The Kier molecular flexibility index (Phi) is 2.88. The molecule has 1 unspecified atom stereocenters. The molecule has 0 saturated heterocycles. The molecular weight excluding hydrogens is 254 g/mol. The third-order valence-electron chi connectivity index (χ3n) is 2.41. The number of nitrogens with zero attached hydrogens (tertiary/aromatic N) is 2. The standard InChI is InChI=1S/C11H12BrN3/c1-15-10(6-7-14-15)11(13)8-2-4-9(12)5-3-8/h2-7,11H,13H2,1H3. The first kappa shape index (κ1) is 10.4. The Morgan fingerprint density at radius 2 is 1.93 bits per heavy atom. The van der Waals surface area contributed by atoms with Crippen molar-refractivity contribution in [3.63, 3.8) is 0 Å². The smallest absolute Gasteiger partial charge is 0.0723 e. The molecule has 2 rings (SSSR count). The van der Waals surface area contributed by atoms with Gasteiger partial charge >= 0.3 is 0 Å². The van der Waals surface area contributed by atoms with Gasteiger partial charge in [0.25, 0.3) is 0 Å². The van der Waals surface area contributed by atoms with Gasteiger partial charge in [-0.3, -0.25) is 4.68 Å². The van der Waals surface area contributed by atoms with Crippen LogP contribution in [0.2, 0.25) is 0 Å². The van der Waals surface area contributed by atoms with Crippen LogP contribution in [-0.4, -0.2) is 9.78 Å². The van der Waals surface area contributed by atoms with E-state index in [0.717, 1.165) is 15.7 Å². The highest BCUT2D eigenvalue weighted by atomic mass is 79.9. The number of hydrogen-bond donors (Lipinski definition) is 1. The third kappa shape index (κ3) is 2.11. The molecule has 1 atom stereocenters. The molecule has 0 aliphatic carbocycles. The summed E-state index contributed by atoms with van der Waals surface area (Å²) in [6.07, 6.45) is 1.76. The Balaban J connectivity index is 2.32. The summed E-state index contributed by atoms with van der Waals surface area (Å²) in [4.78, 5) is 0. The molecule has 0 aliphatic rings. The lowest BCUT2D eigenvalue weighted by molar-refractivity contribution is 0.673. The van der Waals surface area contributed by atoms with Crippen molar-refractivity contribution in [2.75, 3.05) is 0 Å². The second-order valence-corrected chi connectivity index (χ2v) is 4.32. The molecular formula is C11H12BrN3. The van der Waals surface area contributed by atoms with Gasteiger partial charge in [-0.25, -0.2) is 0 Å². The zero-order valence-corrected chi connectivity index (χ0v) is 9.98. The molecule has 15 heavy (non-hydrogen) atoms. The molecule has 1 aromatic carbocycles. The van der Waals surface area contributed by atoms with Gasteiger partial charge in [-0.15, -0.1) is 0 Å². The number of aromatic nitrogens is 2. The predicted octanol–water partition coefficient (Wildman–Crippen LogP) is 2.23. The topological polar surface area (TPSA) is 43.8 Å². The van der Waals surface area contributed by atoms with E-state index in [1.807, 2.05) is 37.4 Å². The van der Waals surface area contributed by atoms with Crippen LogP contribution in [0, 0.1) is 0 Å². The lowest BCUT2D eigenvalue weighted by atomic mass is 10.1. The van der Waals surface area contributed by atoms with Gasteiger partial charge in [0, 0.05) is 17.7 Å². The highest BCUT2D eigenvalue weighted by molar-refractivity contribution is 9.10. The zero-order valence-electron chi connectivity index (χ0n) is 8.39. The van der Waals surface area contributed by atoms with Gasteiger partial charge in [-0.05, 0) is 23.8 Å². The summed E-state index contributed by atoms with van der Waals surface area (Å²) in [6.45, 7) is 0. The Labute approximate surface area is 97.0 Å². The fourth-order valence-corrected chi connectivity index (χ4v) is 1.79. The van der Waals surface area contributed by atoms with Crippen LogP contribution in [0.25, 0.3) is 0 Å². The molecule has 0 spiro atoms. The van der Waals surface area contributed by atoms with Gasteiger partial charge in [-0.2, -0.15) is 5.10 Å². The fraction of sp³-hybridized carbons (Fsp3) is 0.182. The molecule has 0 saturated carbocycles. The molecule has 0 fully saturated rings. The number of benzene rings is 1. The Morgan fingerprint density at radius 3 is 2.47 bits per heavy atom. The van der Waals surface area contributed by atoms with Crippen molar-refractivity contribution >= 4 is 15.9 Å². The van der Waals surface area contributed by atoms with Gasteiger partial charge in [0.05, 0.1) is 11.7 Å². The SMILES string of the molecule is Cn1nccc1C(N)c1ccc(Br)cc1. The van der Waals surface area contributed by atoms with Crippen LogP contribution >= 0.6 is 15.9 Å². The highest BCUT2D eigenvalue weighted by Gasteiger charge is 2.11. The number of aryl methyl sites for hydroxylation is 1. The van der Waals surface area contributed by atoms with Crippen LogP contribution in [0.3, 0.4) is 0 Å².